The number of rotatable bonds is 8. The first-order valence-corrected chi connectivity index (χ1v) is 11.7. The lowest BCUT2D eigenvalue weighted by molar-refractivity contribution is 0.00752. The number of pyridine rings is 1. The summed E-state index contributed by atoms with van der Waals surface area (Å²) in [6, 6.07) is 4.75. The molecule has 2 saturated heterocycles. The Hall–Kier alpha value is -1.86. The molecule has 7 heteroatoms. The standard InChI is InChI=1S/C23H40N6O/c1-4-24-23(27-18-21(19(2)3)28-12-14-30-15-13-28)26-17-20-8-9-25-22(16-20)29-10-6-5-7-11-29/h8-9,16,19,21H,4-7,10-15,17-18H2,1-3H3,(H2,24,26,27). The van der Waals surface area contributed by atoms with Crippen molar-refractivity contribution in [1.29, 1.82) is 0 Å². The zero-order chi connectivity index (χ0) is 21.2. The van der Waals surface area contributed by atoms with Crippen LogP contribution in [0.2, 0.25) is 0 Å². The molecule has 2 fully saturated rings. The van der Waals surface area contributed by atoms with Crippen LogP contribution in [0, 0.1) is 5.92 Å². The van der Waals surface area contributed by atoms with Crippen LogP contribution >= 0.6 is 0 Å². The van der Waals surface area contributed by atoms with E-state index in [0.717, 1.165) is 64.3 Å². The van der Waals surface area contributed by atoms with E-state index < -0.39 is 0 Å². The van der Waals surface area contributed by atoms with E-state index in [9.17, 15) is 0 Å². The molecule has 0 aliphatic carbocycles. The summed E-state index contributed by atoms with van der Waals surface area (Å²) in [4.78, 5) is 14.4. The number of aliphatic imine (C=N–C) groups is 1. The molecule has 0 amide bonds. The highest BCUT2D eigenvalue weighted by Crippen LogP contribution is 2.18. The SMILES string of the molecule is CCNC(=NCc1ccnc(N2CCCCC2)c1)NCC(C(C)C)N1CCOCC1. The lowest BCUT2D eigenvalue weighted by atomic mass is 10.0. The summed E-state index contributed by atoms with van der Waals surface area (Å²) in [5, 5.41) is 6.98. The van der Waals surface area contributed by atoms with Gasteiger partial charge in [-0.05, 0) is 49.8 Å². The zero-order valence-electron chi connectivity index (χ0n) is 19.1. The highest BCUT2D eigenvalue weighted by atomic mass is 16.5. The largest absolute Gasteiger partial charge is 0.379 e. The number of nitrogens with one attached hydrogen (secondary N) is 2. The molecular weight excluding hydrogens is 376 g/mol. The maximum absolute atomic E-state index is 5.53. The Morgan fingerprint density at radius 1 is 1.13 bits per heavy atom. The van der Waals surface area contributed by atoms with Gasteiger partial charge in [0.1, 0.15) is 5.82 Å². The molecule has 0 saturated carbocycles. The summed E-state index contributed by atoms with van der Waals surface area (Å²) in [5.74, 6) is 2.55. The lowest BCUT2D eigenvalue weighted by Gasteiger charge is -2.37. The van der Waals surface area contributed by atoms with Crippen LogP contribution < -0.4 is 15.5 Å². The van der Waals surface area contributed by atoms with Crippen molar-refractivity contribution in [2.24, 2.45) is 10.9 Å². The molecule has 2 N–H and O–H groups in total. The Balaban J connectivity index is 1.59. The Bertz CT molecular complexity index is 653. The minimum absolute atomic E-state index is 0.476. The highest BCUT2D eigenvalue weighted by molar-refractivity contribution is 5.79. The first-order valence-electron chi connectivity index (χ1n) is 11.7. The summed E-state index contributed by atoms with van der Waals surface area (Å²) in [6.45, 7) is 15.0. The van der Waals surface area contributed by atoms with Gasteiger partial charge in [-0.15, -0.1) is 0 Å². The van der Waals surface area contributed by atoms with Crippen molar-refractivity contribution in [3.8, 4) is 0 Å². The summed E-state index contributed by atoms with van der Waals surface area (Å²) >= 11 is 0. The van der Waals surface area contributed by atoms with Crippen LogP contribution in [0.3, 0.4) is 0 Å². The lowest BCUT2D eigenvalue weighted by Crippen LogP contribution is -2.52. The van der Waals surface area contributed by atoms with Crippen LogP contribution in [0.1, 0.15) is 45.6 Å². The third-order valence-corrected chi connectivity index (χ3v) is 6.02. The van der Waals surface area contributed by atoms with Gasteiger partial charge in [-0.1, -0.05) is 13.8 Å². The van der Waals surface area contributed by atoms with Crippen LogP contribution in [0.4, 0.5) is 5.82 Å². The number of ether oxygens (including phenoxy) is 1. The van der Waals surface area contributed by atoms with Crippen LogP contribution in [-0.2, 0) is 11.3 Å². The number of hydrogen-bond acceptors (Lipinski definition) is 5. The van der Waals surface area contributed by atoms with Crippen LogP contribution in [0.15, 0.2) is 23.3 Å². The first kappa shape index (κ1) is 22.8. The molecule has 7 nitrogen and oxygen atoms in total. The second-order valence-corrected chi connectivity index (χ2v) is 8.61. The van der Waals surface area contributed by atoms with Gasteiger partial charge < -0.3 is 20.3 Å². The first-order chi connectivity index (χ1) is 14.7. The molecule has 0 aromatic carbocycles. The molecule has 1 aromatic heterocycles. The fourth-order valence-electron chi connectivity index (χ4n) is 4.26. The molecule has 1 atom stereocenters. The number of morpholine rings is 1. The van der Waals surface area contributed by atoms with E-state index in [4.69, 9.17) is 9.73 Å². The van der Waals surface area contributed by atoms with Gasteiger partial charge in [-0.25, -0.2) is 9.98 Å². The van der Waals surface area contributed by atoms with Crippen molar-refractivity contribution in [2.75, 3.05) is 57.4 Å². The number of guanidine groups is 1. The molecule has 0 radical (unpaired) electrons. The van der Waals surface area contributed by atoms with Crippen molar-refractivity contribution < 1.29 is 4.74 Å². The van der Waals surface area contributed by atoms with Gasteiger partial charge >= 0.3 is 0 Å². The summed E-state index contributed by atoms with van der Waals surface area (Å²) in [5.41, 5.74) is 1.20. The maximum atomic E-state index is 5.53. The molecule has 2 aliphatic heterocycles. The maximum Gasteiger partial charge on any atom is 0.191 e. The summed E-state index contributed by atoms with van der Waals surface area (Å²) < 4.78 is 5.53. The zero-order valence-corrected chi connectivity index (χ0v) is 19.1. The molecule has 0 bridgehead atoms. The molecule has 168 valence electrons. The van der Waals surface area contributed by atoms with Gasteiger partial charge in [0, 0.05) is 51.5 Å². The molecule has 2 aliphatic rings. The van der Waals surface area contributed by atoms with E-state index in [-0.39, 0.29) is 0 Å². The predicted molar refractivity (Wildman–Crippen MR) is 124 cm³/mol. The van der Waals surface area contributed by atoms with E-state index in [1.165, 1.54) is 24.8 Å². The minimum atomic E-state index is 0.476. The van der Waals surface area contributed by atoms with Crippen molar-refractivity contribution in [1.82, 2.24) is 20.5 Å². The minimum Gasteiger partial charge on any atom is -0.379 e. The molecule has 1 aromatic rings. The average Bonchev–Trinajstić information content (AvgIpc) is 2.79. The van der Waals surface area contributed by atoms with Crippen molar-refractivity contribution >= 4 is 11.8 Å². The molecule has 3 heterocycles. The van der Waals surface area contributed by atoms with E-state index in [1.807, 2.05) is 6.20 Å². The molecule has 3 rings (SSSR count). The van der Waals surface area contributed by atoms with E-state index in [0.29, 0.717) is 18.5 Å². The quantitative estimate of drug-likeness (QED) is 0.501. The van der Waals surface area contributed by atoms with Crippen LogP contribution in [-0.4, -0.2) is 74.4 Å². The Kier molecular flexibility index (Phi) is 9.21. The van der Waals surface area contributed by atoms with Gasteiger partial charge in [0.2, 0.25) is 0 Å². The second-order valence-electron chi connectivity index (χ2n) is 8.61. The topological polar surface area (TPSA) is 65.0 Å². The Morgan fingerprint density at radius 2 is 1.90 bits per heavy atom. The number of aromatic nitrogens is 1. The number of nitrogens with zero attached hydrogens (tertiary/aromatic N) is 4. The molecule has 1 unspecified atom stereocenters. The Morgan fingerprint density at radius 3 is 2.60 bits per heavy atom. The van der Waals surface area contributed by atoms with Gasteiger partial charge in [0.15, 0.2) is 5.96 Å². The van der Waals surface area contributed by atoms with Crippen molar-refractivity contribution in [3.63, 3.8) is 0 Å². The number of hydrogen-bond donors (Lipinski definition) is 2. The van der Waals surface area contributed by atoms with Gasteiger partial charge in [-0.3, -0.25) is 4.90 Å². The van der Waals surface area contributed by atoms with E-state index in [2.05, 4.69) is 58.3 Å². The monoisotopic (exact) mass is 416 g/mol. The fraction of sp³-hybridized carbons (Fsp3) is 0.739. The van der Waals surface area contributed by atoms with Gasteiger partial charge in [-0.2, -0.15) is 0 Å². The summed E-state index contributed by atoms with van der Waals surface area (Å²) in [7, 11) is 0. The fourth-order valence-corrected chi connectivity index (χ4v) is 4.26. The van der Waals surface area contributed by atoms with Crippen molar-refractivity contribution in [3.05, 3.63) is 23.9 Å². The van der Waals surface area contributed by atoms with Gasteiger partial charge in [0.05, 0.1) is 19.8 Å². The molecule has 30 heavy (non-hydrogen) atoms. The second kappa shape index (κ2) is 12.1. The third-order valence-electron chi connectivity index (χ3n) is 6.02. The smallest absolute Gasteiger partial charge is 0.191 e. The van der Waals surface area contributed by atoms with Crippen LogP contribution in [0.5, 0.6) is 0 Å². The number of anilines is 1. The van der Waals surface area contributed by atoms with Crippen molar-refractivity contribution in [2.45, 2.75) is 52.6 Å². The third kappa shape index (κ3) is 6.84. The van der Waals surface area contributed by atoms with E-state index in [1.54, 1.807) is 0 Å². The highest BCUT2D eigenvalue weighted by Gasteiger charge is 2.23. The van der Waals surface area contributed by atoms with Crippen LogP contribution in [0.25, 0.3) is 0 Å². The normalized spacial score (nSPS) is 19.7. The molecule has 0 spiro atoms. The predicted octanol–water partition coefficient (Wildman–Crippen LogP) is 2.48. The van der Waals surface area contributed by atoms with Gasteiger partial charge in [0.25, 0.3) is 0 Å². The van der Waals surface area contributed by atoms with E-state index >= 15 is 0 Å². The summed E-state index contributed by atoms with van der Waals surface area (Å²) in [6.07, 6.45) is 5.78. The molecular formula is C23H40N6O. The average molecular weight is 417 g/mol. The number of piperidine rings is 1. The Labute approximate surface area is 182 Å².